The van der Waals surface area contributed by atoms with Gasteiger partial charge in [-0.3, -0.25) is 4.79 Å². The second kappa shape index (κ2) is 8.76. The van der Waals surface area contributed by atoms with Crippen molar-refractivity contribution in [1.82, 2.24) is 4.90 Å². The third-order valence-corrected chi connectivity index (χ3v) is 12.7. The van der Waals surface area contributed by atoms with Crippen LogP contribution in [0.1, 0.15) is 70.3 Å². The van der Waals surface area contributed by atoms with Crippen molar-refractivity contribution in [3.8, 4) is 11.5 Å². The van der Waals surface area contributed by atoms with E-state index < -0.39 is 8.07 Å². The highest BCUT2D eigenvalue weighted by atomic mass is 79.9. The average molecular weight is 434 g/mol. The molecule has 0 aliphatic carbocycles. The molecule has 0 spiro atoms. The van der Waals surface area contributed by atoms with Crippen LogP contribution in [0.25, 0.3) is 0 Å². The Morgan fingerprint density at radius 3 is 2.08 bits per heavy atom. The van der Waals surface area contributed by atoms with Gasteiger partial charge in [-0.05, 0) is 47.7 Å². The van der Waals surface area contributed by atoms with Crippen LogP contribution in [0.3, 0.4) is 0 Å². The highest BCUT2D eigenvalue weighted by Gasteiger charge is 2.41. The van der Waals surface area contributed by atoms with Gasteiger partial charge in [-0.25, -0.2) is 0 Å². The first-order valence-electron chi connectivity index (χ1n) is 9.82. The van der Waals surface area contributed by atoms with Crippen LogP contribution in [-0.2, 0) is 0 Å². The van der Waals surface area contributed by atoms with Crippen LogP contribution >= 0.6 is 15.9 Å². The molecule has 142 valence electrons. The molecule has 0 unspecified atom stereocenters. The van der Waals surface area contributed by atoms with Crippen molar-refractivity contribution in [3.63, 3.8) is 0 Å². The van der Waals surface area contributed by atoms with E-state index in [0.717, 1.165) is 41.5 Å². The number of halogens is 1. The molecule has 1 aromatic rings. The molecule has 0 aromatic heterocycles. The van der Waals surface area contributed by atoms with E-state index in [-0.39, 0.29) is 5.91 Å². The van der Waals surface area contributed by atoms with Gasteiger partial charge >= 0.3 is 0 Å². The topological polar surface area (TPSA) is 20.3 Å². The van der Waals surface area contributed by atoms with E-state index in [1.165, 1.54) is 0 Å². The molecule has 0 atom stereocenters. The number of likely N-dealkylation sites (tertiary alicyclic amines) is 1. The summed E-state index contributed by atoms with van der Waals surface area (Å²) < 4.78 is 0.977. The average Bonchev–Trinajstić information content (AvgIpc) is 3.08. The molecule has 1 aromatic carbocycles. The molecule has 4 heteroatoms. The molecule has 26 heavy (non-hydrogen) atoms. The summed E-state index contributed by atoms with van der Waals surface area (Å²) in [4.78, 5) is 14.9. The van der Waals surface area contributed by atoms with Crippen LogP contribution in [-0.4, -0.2) is 32.0 Å². The zero-order valence-corrected chi connectivity index (χ0v) is 19.6. The Kier molecular flexibility index (Phi) is 7.16. The van der Waals surface area contributed by atoms with Gasteiger partial charge in [0.2, 0.25) is 0 Å². The van der Waals surface area contributed by atoms with Crippen molar-refractivity contribution in [2.24, 2.45) is 0 Å². The number of amides is 1. The Balaban J connectivity index is 2.50. The van der Waals surface area contributed by atoms with Crippen molar-refractivity contribution < 1.29 is 4.79 Å². The first-order chi connectivity index (χ1) is 12.2. The summed E-state index contributed by atoms with van der Waals surface area (Å²) in [5.74, 6) is 3.61. The fourth-order valence-corrected chi connectivity index (χ4v) is 10.1. The Labute approximate surface area is 168 Å². The minimum absolute atomic E-state index is 0.130. The van der Waals surface area contributed by atoms with E-state index in [9.17, 15) is 4.79 Å². The largest absolute Gasteiger partial charge is 0.339 e. The Hall–Kier alpha value is -1.05. The van der Waals surface area contributed by atoms with Crippen LogP contribution < -0.4 is 0 Å². The maximum absolute atomic E-state index is 13.0. The molecule has 0 N–H and O–H groups in total. The van der Waals surface area contributed by atoms with Crippen molar-refractivity contribution in [2.45, 2.75) is 71.0 Å². The second-order valence-electron chi connectivity index (χ2n) is 8.34. The first kappa shape index (κ1) is 21.2. The summed E-state index contributed by atoms with van der Waals surface area (Å²) in [5, 5.41) is 0. The lowest BCUT2D eigenvalue weighted by molar-refractivity contribution is 0.0792. The smallest absolute Gasteiger partial charge is 0.255 e. The van der Waals surface area contributed by atoms with Crippen molar-refractivity contribution in [2.75, 3.05) is 13.1 Å². The highest BCUT2D eigenvalue weighted by Crippen LogP contribution is 2.40. The molecule has 0 bridgehead atoms. The minimum atomic E-state index is -1.82. The lowest BCUT2D eigenvalue weighted by Crippen LogP contribution is -2.43. The summed E-state index contributed by atoms with van der Waals surface area (Å²) in [6.07, 6.45) is 2.21. The highest BCUT2D eigenvalue weighted by molar-refractivity contribution is 9.10. The second-order valence-corrected chi connectivity index (χ2v) is 14.8. The van der Waals surface area contributed by atoms with E-state index in [4.69, 9.17) is 0 Å². The molecular weight excluding hydrogens is 402 g/mol. The summed E-state index contributed by atoms with van der Waals surface area (Å²) >= 11 is 3.55. The van der Waals surface area contributed by atoms with Crippen molar-refractivity contribution in [1.29, 1.82) is 0 Å². The van der Waals surface area contributed by atoms with Crippen LogP contribution in [0.2, 0.25) is 16.6 Å². The zero-order valence-electron chi connectivity index (χ0n) is 17.0. The maximum atomic E-state index is 13.0. The zero-order chi connectivity index (χ0) is 19.5. The summed E-state index contributed by atoms with van der Waals surface area (Å²) in [5.41, 5.74) is 7.13. The molecule has 1 saturated heterocycles. The molecular formula is C22H32BrNOSi. The number of rotatable bonds is 4. The van der Waals surface area contributed by atoms with Crippen molar-refractivity contribution >= 4 is 29.9 Å². The lowest BCUT2D eigenvalue weighted by atomic mass is 10.1. The Morgan fingerprint density at radius 1 is 1.04 bits per heavy atom. The van der Waals surface area contributed by atoms with E-state index in [0.29, 0.717) is 16.6 Å². The summed E-state index contributed by atoms with van der Waals surface area (Å²) in [6, 6.07) is 5.89. The third-order valence-electron chi connectivity index (χ3n) is 5.88. The molecule has 2 rings (SSSR count). The number of benzene rings is 1. The van der Waals surface area contributed by atoms with E-state index in [2.05, 4.69) is 68.9 Å². The van der Waals surface area contributed by atoms with Gasteiger partial charge in [0.15, 0.2) is 0 Å². The monoisotopic (exact) mass is 433 g/mol. The van der Waals surface area contributed by atoms with Crippen LogP contribution in [0.5, 0.6) is 0 Å². The van der Waals surface area contributed by atoms with Gasteiger partial charge < -0.3 is 4.90 Å². The molecule has 1 aliphatic heterocycles. The molecule has 1 aliphatic rings. The number of hydrogen-bond donors (Lipinski definition) is 0. The van der Waals surface area contributed by atoms with Crippen LogP contribution in [0, 0.1) is 11.5 Å². The quantitative estimate of drug-likeness (QED) is 0.405. The minimum Gasteiger partial charge on any atom is -0.339 e. The SMILES string of the molecule is CC(C)[Si](C#Cc1cc(Br)ccc1C(=O)N1CCCC1)(C(C)C)C(C)C. The van der Waals surface area contributed by atoms with Crippen LogP contribution in [0.4, 0.5) is 0 Å². The van der Waals surface area contributed by atoms with E-state index in [1.54, 1.807) is 0 Å². The molecule has 0 radical (unpaired) electrons. The van der Waals surface area contributed by atoms with Gasteiger partial charge in [0.1, 0.15) is 8.07 Å². The van der Waals surface area contributed by atoms with Gasteiger partial charge in [-0.1, -0.05) is 63.4 Å². The fourth-order valence-electron chi connectivity index (χ4n) is 4.51. The molecule has 2 nitrogen and oxygen atoms in total. The molecule has 1 fully saturated rings. The van der Waals surface area contributed by atoms with E-state index >= 15 is 0 Å². The Morgan fingerprint density at radius 2 is 1.58 bits per heavy atom. The predicted molar refractivity (Wildman–Crippen MR) is 117 cm³/mol. The fraction of sp³-hybridized carbons (Fsp3) is 0.591. The van der Waals surface area contributed by atoms with Gasteiger partial charge in [0.05, 0.1) is 5.56 Å². The molecule has 1 amide bonds. The summed E-state index contributed by atoms with van der Waals surface area (Å²) in [7, 11) is -1.82. The maximum Gasteiger partial charge on any atom is 0.255 e. The number of carbonyl (C=O) groups is 1. The lowest BCUT2D eigenvalue weighted by Gasteiger charge is -2.38. The molecule has 1 heterocycles. The first-order valence-corrected chi connectivity index (χ1v) is 12.8. The standard InChI is InChI=1S/C22H32BrNOSi/c1-16(2)26(17(3)4,18(5)6)14-11-19-15-20(23)9-10-21(19)22(25)24-12-7-8-13-24/h9-10,15-18H,7-8,12-13H2,1-6H3. The molecule has 0 saturated carbocycles. The Bertz CT molecular complexity index is 687. The third kappa shape index (κ3) is 4.26. The van der Waals surface area contributed by atoms with Gasteiger partial charge in [-0.2, -0.15) is 0 Å². The van der Waals surface area contributed by atoms with Gasteiger partial charge in [-0.15, -0.1) is 5.54 Å². The van der Waals surface area contributed by atoms with Gasteiger partial charge in [0, 0.05) is 23.1 Å². The number of carbonyl (C=O) groups excluding carboxylic acids is 1. The normalized spacial score (nSPS) is 14.9. The number of nitrogens with zero attached hydrogens (tertiary/aromatic N) is 1. The van der Waals surface area contributed by atoms with Gasteiger partial charge in [0.25, 0.3) is 5.91 Å². The summed E-state index contributed by atoms with van der Waals surface area (Å²) in [6.45, 7) is 15.6. The number of hydrogen-bond acceptors (Lipinski definition) is 1. The van der Waals surface area contributed by atoms with Crippen molar-refractivity contribution in [3.05, 3.63) is 33.8 Å². The predicted octanol–water partition coefficient (Wildman–Crippen LogP) is 6.25. The van der Waals surface area contributed by atoms with E-state index in [1.807, 2.05) is 23.1 Å². The van der Waals surface area contributed by atoms with Crippen LogP contribution in [0.15, 0.2) is 22.7 Å².